The summed E-state index contributed by atoms with van der Waals surface area (Å²) in [6, 6.07) is 7.47. The minimum absolute atomic E-state index is 0.234. The molecule has 4 heteroatoms. The molecule has 0 radical (unpaired) electrons. The van der Waals surface area contributed by atoms with Crippen LogP contribution in [0.3, 0.4) is 0 Å². The Morgan fingerprint density at radius 2 is 2.00 bits per heavy atom. The van der Waals surface area contributed by atoms with Crippen LogP contribution in [0, 0.1) is 0 Å². The average Bonchev–Trinajstić information content (AvgIpc) is 2.34. The van der Waals surface area contributed by atoms with Crippen molar-refractivity contribution in [3.8, 4) is 0 Å². The van der Waals surface area contributed by atoms with Crippen LogP contribution in [0.5, 0.6) is 0 Å². The lowest BCUT2D eigenvalue weighted by molar-refractivity contribution is 0.511. The Balaban J connectivity index is 2.86. The van der Waals surface area contributed by atoms with Crippen molar-refractivity contribution in [1.82, 2.24) is 5.32 Å². The summed E-state index contributed by atoms with van der Waals surface area (Å²) in [4.78, 5) is 0.399. The zero-order valence-corrected chi connectivity index (χ0v) is 12.3. The van der Waals surface area contributed by atoms with Gasteiger partial charge in [-0.05, 0) is 31.2 Å². The Kier molecular flexibility index (Phi) is 5.82. The lowest BCUT2D eigenvalue weighted by Gasteiger charge is -2.17. The fourth-order valence-electron chi connectivity index (χ4n) is 2.04. The SMILES string of the molecule is CCCCCC(NC)c1cccc(S(C)(=O)=O)c1. The van der Waals surface area contributed by atoms with Gasteiger partial charge in [-0.2, -0.15) is 0 Å². The average molecular weight is 269 g/mol. The Bertz CT molecular complexity index is 468. The highest BCUT2D eigenvalue weighted by molar-refractivity contribution is 7.90. The standard InChI is InChI=1S/C14H23NO2S/c1-4-5-6-10-14(15-2)12-8-7-9-13(11-12)18(3,16)17/h7-9,11,14-15H,4-6,10H2,1-3H3. The maximum Gasteiger partial charge on any atom is 0.175 e. The van der Waals surface area contributed by atoms with E-state index in [4.69, 9.17) is 0 Å². The molecular weight excluding hydrogens is 246 g/mol. The predicted molar refractivity (Wildman–Crippen MR) is 75.5 cm³/mol. The van der Waals surface area contributed by atoms with E-state index in [0.29, 0.717) is 4.90 Å². The second-order valence-corrected chi connectivity index (χ2v) is 6.70. The minimum Gasteiger partial charge on any atom is -0.313 e. The van der Waals surface area contributed by atoms with Crippen LogP contribution >= 0.6 is 0 Å². The molecule has 0 aliphatic rings. The lowest BCUT2D eigenvalue weighted by Crippen LogP contribution is -2.16. The fourth-order valence-corrected chi connectivity index (χ4v) is 2.71. The summed E-state index contributed by atoms with van der Waals surface area (Å²) in [7, 11) is -1.20. The molecule has 1 atom stereocenters. The van der Waals surface area contributed by atoms with Gasteiger partial charge >= 0.3 is 0 Å². The number of rotatable bonds is 7. The first-order valence-corrected chi connectivity index (χ1v) is 8.35. The molecule has 3 nitrogen and oxygen atoms in total. The molecule has 18 heavy (non-hydrogen) atoms. The quantitative estimate of drug-likeness (QED) is 0.774. The summed E-state index contributed by atoms with van der Waals surface area (Å²) in [6.07, 6.45) is 5.85. The molecule has 0 saturated heterocycles. The van der Waals surface area contributed by atoms with Gasteiger partial charge in [0.2, 0.25) is 0 Å². The molecule has 102 valence electrons. The molecule has 1 aromatic rings. The number of hydrogen-bond donors (Lipinski definition) is 1. The third kappa shape index (κ3) is 4.42. The van der Waals surface area contributed by atoms with Gasteiger partial charge in [-0.25, -0.2) is 8.42 Å². The van der Waals surface area contributed by atoms with Crippen molar-refractivity contribution in [2.75, 3.05) is 13.3 Å². The number of sulfone groups is 1. The number of nitrogens with one attached hydrogen (secondary N) is 1. The van der Waals surface area contributed by atoms with Crippen molar-refractivity contribution in [1.29, 1.82) is 0 Å². The van der Waals surface area contributed by atoms with Gasteiger partial charge in [0.15, 0.2) is 9.84 Å². The maximum absolute atomic E-state index is 11.5. The first kappa shape index (κ1) is 15.2. The molecule has 1 rings (SSSR count). The predicted octanol–water partition coefficient (Wildman–Crippen LogP) is 2.93. The Morgan fingerprint density at radius 3 is 2.56 bits per heavy atom. The van der Waals surface area contributed by atoms with Crippen molar-refractivity contribution in [3.05, 3.63) is 29.8 Å². The van der Waals surface area contributed by atoms with E-state index in [0.717, 1.165) is 18.4 Å². The fraction of sp³-hybridized carbons (Fsp3) is 0.571. The van der Waals surface area contributed by atoms with E-state index in [1.54, 1.807) is 12.1 Å². The van der Waals surface area contributed by atoms with Gasteiger partial charge < -0.3 is 5.32 Å². The summed E-state index contributed by atoms with van der Waals surface area (Å²) in [5.74, 6) is 0. The lowest BCUT2D eigenvalue weighted by atomic mass is 10.0. The summed E-state index contributed by atoms with van der Waals surface area (Å²) >= 11 is 0. The van der Waals surface area contributed by atoms with Crippen LogP contribution in [-0.4, -0.2) is 21.7 Å². The molecule has 0 heterocycles. The van der Waals surface area contributed by atoms with Gasteiger partial charge in [-0.1, -0.05) is 38.3 Å². The van der Waals surface area contributed by atoms with E-state index < -0.39 is 9.84 Å². The first-order valence-electron chi connectivity index (χ1n) is 6.46. The van der Waals surface area contributed by atoms with E-state index in [2.05, 4.69) is 12.2 Å². The Morgan fingerprint density at radius 1 is 1.28 bits per heavy atom. The third-order valence-electron chi connectivity index (χ3n) is 3.13. The van der Waals surface area contributed by atoms with Crippen LogP contribution in [-0.2, 0) is 9.84 Å². The molecule has 0 aromatic heterocycles. The number of unbranched alkanes of at least 4 members (excludes halogenated alkanes) is 2. The van der Waals surface area contributed by atoms with E-state index in [9.17, 15) is 8.42 Å². The summed E-state index contributed by atoms with van der Waals surface area (Å²) in [6.45, 7) is 2.18. The monoisotopic (exact) mass is 269 g/mol. The summed E-state index contributed by atoms with van der Waals surface area (Å²) < 4.78 is 23.1. The molecule has 1 aromatic carbocycles. The number of benzene rings is 1. The van der Waals surface area contributed by atoms with Gasteiger partial charge in [-0.3, -0.25) is 0 Å². The van der Waals surface area contributed by atoms with E-state index in [-0.39, 0.29) is 6.04 Å². The van der Waals surface area contributed by atoms with Crippen LogP contribution in [0.2, 0.25) is 0 Å². The Labute approximate surface area is 111 Å². The maximum atomic E-state index is 11.5. The molecule has 0 fully saturated rings. The van der Waals surface area contributed by atoms with Crippen molar-refractivity contribution in [2.45, 2.75) is 43.5 Å². The van der Waals surface area contributed by atoms with Crippen LogP contribution in [0.25, 0.3) is 0 Å². The zero-order chi connectivity index (χ0) is 13.6. The highest BCUT2D eigenvalue weighted by atomic mass is 32.2. The zero-order valence-electron chi connectivity index (χ0n) is 11.4. The van der Waals surface area contributed by atoms with E-state index in [1.165, 1.54) is 19.1 Å². The molecular formula is C14H23NO2S. The van der Waals surface area contributed by atoms with Crippen LogP contribution in [0.1, 0.15) is 44.2 Å². The van der Waals surface area contributed by atoms with Crippen LogP contribution in [0.15, 0.2) is 29.2 Å². The topological polar surface area (TPSA) is 46.2 Å². The van der Waals surface area contributed by atoms with Crippen molar-refractivity contribution in [3.63, 3.8) is 0 Å². The molecule has 0 saturated carbocycles. The molecule has 0 amide bonds. The van der Waals surface area contributed by atoms with Gasteiger partial charge in [-0.15, -0.1) is 0 Å². The van der Waals surface area contributed by atoms with Crippen LogP contribution < -0.4 is 5.32 Å². The molecule has 0 aliphatic heterocycles. The van der Waals surface area contributed by atoms with Gasteiger partial charge in [0.25, 0.3) is 0 Å². The van der Waals surface area contributed by atoms with Gasteiger partial charge in [0, 0.05) is 12.3 Å². The van der Waals surface area contributed by atoms with E-state index in [1.807, 2.05) is 19.2 Å². The van der Waals surface area contributed by atoms with Crippen molar-refractivity contribution in [2.24, 2.45) is 0 Å². The van der Waals surface area contributed by atoms with E-state index >= 15 is 0 Å². The summed E-state index contributed by atoms with van der Waals surface area (Å²) in [5.41, 5.74) is 1.05. The molecule has 0 bridgehead atoms. The molecule has 0 aliphatic carbocycles. The molecule has 1 N–H and O–H groups in total. The normalized spacial score (nSPS) is 13.5. The highest BCUT2D eigenvalue weighted by Gasteiger charge is 2.12. The third-order valence-corrected chi connectivity index (χ3v) is 4.24. The van der Waals surface area contributed by atoms with Crippen LogP contribution in [0.4, 0.5) is 0 Å². The second-order valence-electron chi connectivity index (χ2n) is 4.68. The summed E-state index contributed by atoms with van der Waals surface area (Å²) in [5, 5.41) is 3.26. The van der Waals surface area contributed by atoms with Gasteiger partial charge in [0.05, 0.1) is 4.90 Å². The van der Waals surface area contributed by atoms with Gasteiger partial charge in [0.1, 0.15) is 0 Å². The number of hydrogen-bond acceptors (Lipinski definition) is 3. The second kappa shape index (κ2) is 6.90. The smallest absolute Gasteiger partial charge is 0.175 e. The highest BCUT2D eigenvalue weighted by Crippen LogP contribution is 2.22. The van der Waals surface area contributed by atoms with Crippen molar-refractivity contribution >= 4 is 9.84 Å². The molecule has 1 unspecified atom stereocenters. The first-order chi connectivity index (χ1) is 8.49. The largest absolute Gasteiger partial charge is 0.313 e. The molecule has 0 spiro atoms. The minimum atomic E-state index is -3.12. The Hall–Kier alpha value is -0.870. The van der Waals surface area contributed by atoms with Crippen molar-refractivity contribution < 1.29 is 8.42 Å².